The lowest BCUT2D eigenvalue weighted by Crippen LogP contribution is -2.50. The largest absolute Gasteiger partial charge is 0.439 e. The van der Waals surface area contributed by atoms with Crippen molar-refractivity contribution in [2.24, 2.45) is 23.7 Å². The molecule has 3 atom stereocenters. The number of nitrogens with one attached hydrogen (secondary N) is 2. The Morgan fingerprint density at radius 1 is 1.10 bits per heavy atom. The van der Waals surface area contributed by atoms with E-state index in [-0.39, 0.29) is 11.9 Å². The van der Waals surface area contributed by atoms with Gasteiger partial charge in [0.1, 0.15) is 5.52 Å². The van der Waals surface area contributed by atoms with Crippen LogP contribution in [-0.4, -0.2) is 61.5 Å². The Bertz CT molecular complexity index is 1470. The summed E-state index contributed by atoms with van der Waals surface area (Å²) in [6, 6.07) is 0.647. The number of imidazole rings is 1. The first-order valence-corrected chi connectivity index (χ1v) is 15.5. The summed E-state index contributed by atoms with van der Waals surface area (Å²) in [5.74, 6) is 6.57. The minimum atomic E-state index is -0.631. The molecule has 0 spiro atoms. The predicted molar refractivity (Wildman–Crippen MR) is 155 cm³/mol. The zero-order valence-corrected chi connectivity index (χ0v) is 23.8. The highest BCUT2D eigenvalue weighted by atomic mass is 16.5. The van der Waals surface area contributed by atoms with Gasteiger partial charge in [0.25, 0.3) is 0 Å². The molecule has 2 saturated heterocycles. The second-order valence-electron chi connectivity index (χ2n) is 12.6. The van der Waals surface area contributed by atoms with Gasteiger partial charge < -0.3 is 19.5 Å². The number of hydrogen-bond donors (Lipinski definition) is 2. The molecule has 2 aliphatic carbocycles. The molecule has 0 amide bonds. The highest BCUT2D eigenvalue weighted by Gasteiger charge is 2.37. The van der Waals surface area contributed by atoms with Crippen molar-refractivity contribution in [3.63, 3.8) is 0 Å². The van der Waals surface area contributed by atoms with Gasteiger partial charge in [-0.05, 0) is 76.5 Å². The van der Waals surface area contributed by atoms with Gasteiger partial charge in [0.2, 0.25) is 17.6 Å². The quantitative estimate of drug-likeness (QED) is 0.409. The van der Waals surface area contributed by atoms with Crippen LogP contribution in [0.3, 0.4) is 0 Å². The standard InChI is InChI=1S/C30H40N8O3/c1-3-19-9-11-20(12-10-19)16-38-24-25(31-18(2)21-6-4-7-21)32-27(28-35-30(39)41-36-28)33-26(24)34-29(38)37-14-5-8-22-17-40-15-13-23(22)37/h1,18-23H,4-17H2,2H3,(H,31,32,33)(H,35,36,39)/t18-,19?,20?,22?,23?/m1/s1. The van der Waals surface area contributed by atoms with Crippen LogP contribution in [0.15, 0.2) is 9.32 Å². The molecule has 4 aliphatic rings. The lowest BCUT2D eigenvalue weighted by molar-refractivity contribution is 0.0278. The summed E-state index contributed by atoms with van der Waals surface area (Å²) in [5.41, 5.74) is 1.54. The van der Waals surface area contributed by atoms with E-state index >= 15 is 0 Å². The molecule has 41 heavy (non-hydrogen) atoms. The third kappa shape index (κ3) is 5.11. The van der Waals surface area contributed by atoms with Gasteiger partial charge in [-0.3, -0.25) is 9.51 Å². The van der Waals surface area contributed by atoms with Crippen LogP contribution in [0.2, 0.25) is 0 Å². The Morgan fingerprint density at radius 3 is 2.68 bits per heavy atom. The maximum atomic E-state index is 11.8. The molecule has 218 valence electrons. The SMILES string of the molecule is C#CC1CCC(Cn2c(N3CCCC4COCCC43)nc3nc(-c4noc(=O)[nH]4)nc(N[C@H](C)C4CCC4)c32)CC1. The van der Waals surface area contributed by atoms with Crippen molar-refractivity contribution in [1.29, 1.82) is 0 Å². The zero-order chi connectivity index (χ0) is 27.9. The number of fused-ring (bicyclic) bond motifs is 2. The summed E-state index contributed by atoms with van der Waals surface area (Å²) in [6.07, 6.45) is 17.1. The average Bonchev–Trinajstić information content (AvgIpc) is 3.56. The molecular formula is C30H40N8O3. The molecule has 0 bridgehead atoms. The van der Waals surface area contributed by atoms with E-state index in [9.17, 15) is 4.79 Å². The number of aromatic amines is 1. The Balaban J connectivity index is 1.35. The van der Waals surface area contributed by atoms with Crippen molar-refractivity contribution in [2.75, 3.05) is 30.0 Å². The molecule has 7 rings (SSSR count). The zero-order valence-electron chi connectivity index (χ0n) is 23.8. The number of H-pyrrole nitrogens is 1. The fourth-order valence-corrected chi connectivity index (χ4v) is 7.40. The molecule has 0 aromatic carbocycles. The van der Waals surface area contributed by atoms with Crippen molar-refractivity contribution in [3.8, 4) is 24.0 Å². The molecule has 3 aromatic heterocycles. The van der Waals surface area contributed by atoms with Gasteiger partial charge in [0.05, 0.1) is 6.61 Å². The molecule has 11 heteroatoms. The second kappa shape index (κ2) is 11.1. The first kappa shape index (κ1) is 26.5. The Morgan fingerprint density at radius 2 is 1.95 bits per heavy atom. The van der Waals surface area contributed by atoms with Crippen molar-refractivity contribution in [1.82, 2.24) is 29.7 Å². The van der Waals surface area contributed by atoms with E-state index in [4.69, 9.17) is 30.6 Å². The van der Waals surface area contributed by atoms with Gasteiger partial charge in [-0.2, -0.15) is 4.98 Å². The third-order valence-corrected chi connectivity index (χ3v) is 10.0. The molecule has 2 saturated carbocycles. The minimum absolute atomic E-state index is 0.211. The lowest BCUT2D eigenvalue weighted by atomic mass is 9.80. The first-order valence-electron chi connectivity index (χ1n) is 15.5. The van der Waals surface area contributed by atoms with E-state index in [1.807, 2.05) is 0 Å². The van der Waals surface area contributed by atoms with Crippen molar-refractivity contribution in [2.45, 2.75) is 89.8 Å². The van der Waals surface area contributed by atoms with Crippen LogP contribution < -0.4 is 16.0 Å². The van der Waals surface area contributed by atoms with Crippen molar-refractivity contribution >= 4 is 22.9 Å². The number of nitrogens with zero attached hydrogens (tertiary/aromatic N) is 6. The first-order chi connectivity index (χ1) is 20.1. The van der Waals surface area contributed by atoms with Gasteiger partial charge in [-0.25, -0.2) is 14.8 Å². The second-order valence-corrected chi connectivity index (χ2v) is 12.6. The van der Waals surface area contributed by atoms with Crippen LogP contribution in [0.25, 0.3) is 22.8 Å². The number of rotatable bonds is 7. The number of aromatic nitrogens is 6. The molecule has 4 fully saturated rings. The summed E-state index contributed by atoms with van der Waals surface area (Å²) in [7, 11) is 0. The smallest absolute Gasteiger partial charge is 0.381 e. The van der Waals surface area contributed by atoms with E-state index in [1.54, 1.807) is 0 Å². The van der Waals surface area contributed by atoms with Crippen LogP contribution in [0.1, 0.15) is 71.1 Å². The number of piperidine rings is 1. The maximum absolute atomic E-state index is 11.8. The number of ether oxygens (including phenoxy) is 1. The molecule has 2 N–H and O–H groups in total. The fourth-order valence-electron chi connectivity index (χ4n) is 7.40. The highest BCUT2D eigenvalue weighted by molar-refractivity contribution is 5.87. The minimum Gasteiger partial charge on any atom is -0.381 e. The monoisotopic (exact) mass is 560 g/mol. The van der Waals surface area contributed by atoms with E-state index in [2.05, 4.69) is 37.8 Å². The van der Waals surface area contributed by atoms with Crippen LogP contribution in [0.5, 0.6) is 0 Å². The van der Waals surface area contributed by atoms with E-state index in [0.717, 1.165) is 82.1 Å². The Kier molecular flexibility index (Phi) is 7.19. The van der Waals surface area contributed by atoms with Gasteiger partial charge >= 0.3 is 5.76 Å². The maximum Gasteiger partial charge on any atom is 0.439 e. The van der Waals surface area contributed by atoms with Crippen molar-refractivity contribution in [3.05, 3.63) is 10.6 Å². The summed E-state index contributed by atoms with van der Waals surface area (Å²) < 4.78 is 13.1. The van der Waals surface area contributed by atoms with Gasteiger partial charge in [0.15, 0.2) is 11.5 Å². The van der Waals surface area contributed by atoms with Crippen LogP contribution in [0, 0.1) is 36.0 Å². The van der Waals surface area contributed by atoms with Crippen LogP contribution >= 0.6 is 0 Å². The Hall–Kier alpha value is -3.39. The fraction of sp³-hybridized carbons (Fsp3) is 0.700. The van der Waals surface area contributed by atoms with E-state index in [0.29, 0.717) is 41.2 Å². The predicted octanol–water partition coefficient (Wildman–Crippen LogP) is 4.22. The Labute approximate surface area is 239 Å². The molecule has 0 radical (unpaired) electrons. The summed E-state index contributed by atoms with van der Waals surface area (Å²) in [5, 5.41) is 7.63. The third-order valence-electron chi connectivity index (χ3n) is 10.0. The van der Waals surface area contributed by atoms with Crippen LogP contribution in [-0.2, 0) is 11.3 Å². The molecule has 2 aliphatic heterocycles. The van der Waals surface area contributed by atoms with Gasteiger partial charge in [0, 0.05) is 43.6 Å². The number of terminal acetylenes is 1. The van der Waals surface area contributed by atoms with E-state index < -0.39 is 5.76 Å². The van der Waals surface area contributed by atoms with E-state index in [1.165, 1.54) is 25.7 Å². The van der Waals surface area contributed by atoms with Gasteiger partial charge in [-0.1, -0.05) is 11.6 Å². The molecule has 3 aromatic rings. The topological polar surface area (TPSA) is 127 Å². The summed E-state index contributed by atoms with van der Waals surface area (Å²) >= 11 is 0. The number of anilines is 2. The lowest BCUT2D eigenvalue weighted by Gasteiger charge is -2.44. The molecule has 5 heterocycles. The van der Waals surface area contributed by atoms with Crippen molar-refractivity contribution < 1.29 is 9.26 Å². The van der Waals surface area contributed by atoms with Gasteiger partial charge in [-0.15, -0.1) is 12.3 Å². The number of hydrogen-bond acceptors (Lipinski definition) is 9. The molecule has 11 nitrogen and oxygen atoms in total. The normalized spacial score (nSPS) is 27.7. The van der Waals surface area contributed by atoms with Crippen LogP contribution in [0.4, 0.5) is 11.8 Å². The molecule has 2 unspecified atom stereocenters. The highest BCUT2D eigenvalue weighted by Crippen LogP contribution is 2.39. The summed E-state index contributed by atoms with van der Waals surface area (Å²) in [6.45, 7) is 5.64. The molecular weight excluding hydrogens is 520 g/mol. The average molecular weight is 561 g/mol. The summed E-state index contributed by atoms with van der Waals surface area (Å²) in [4.78, 5) is 32.0.